The van der Waals surface area contributed by atoms with E-state index >= 15 is 0 Å². The molecule has 1 aromatic heterocycles. The third kappa shape index (κ3) is 5.62. The Balaban J connectivity index is 1.87. The van der Waals surface area contributed by atoms with Gasteiger partial charge in [-0.15, -0.1) is 0 Å². The summed E-state index contributed by atoms with van der Waals surface area (Å²) in [7, 11) is 0. The van der Waals surface area contributed by atoms with Gasteiger partial charge in [0.25, 0.3) is 0 Å². The summed E-state index contributed by atoms with van der Waals surface area (Å²) in [6.07, 6.45) is 8.15. The zero-order chi connectivity index (χ0) is 23.8. The van der Waals surface area contributed by atoms with E-state index in [2.05, 4.69) is 99.6 Å². The number of hydrogen-bond acceptors (Lipinski definition) is 1. The van der Waals surface area contributed by atoms with Crippen molar-refractivity contribution in [2.45, 2.75) is 72.6 Å². The standard InChI is InChI=1S/C20H13S.3C4H9.Sn/c1-2-8-15(9-3-1)17-11-5-6-12-18(17)20-14-16-10-4-7-13-19(16)21-20;3*1-3-4-2;/h1-8,10-14H;3*1,3-4H2,2H3;. The summed E-state index contributed by atoms with van der Waals surface area (Å²) in [5.74, 6) is 0. The van der Waals surface area contributed by atoms with Crippen molar-refractivity contribution in [3.8, 4) is 21.6 Å². The van der Waals surface area contributed by atoms with Gasteiger partial charge < -0.3 is 0 Å². The van der Waals surface area contributed by atoms with Crippen molar-refractivity contribution in [3.05, 3.63) is 78.9 Å². The Morgan fingerprint density at radius 3 is 1.74 bits per heavy atom. The summed E-state index contributed by atoms with van der Waals surface area (Å²) in [6, 6.07) is 30.0. The van der Waals surface area contributed by atoms with E-state index in [-0.39, 0.29) is 0 Å². The Morgan fingerprint density at radius 2 is 1.12 bits per heavy atom. The van der Waals surface area contributed by atoms with Gasteiger partial charge in [0.15, 0.2) is 0 Å². The zero-order valence-corrected chi connectivity index (χ0v) is 24.9. The average Bonchev–Trinajstić information content (AvgIpc) is 3.33. The third-order valence-electron chi connectivity index (χ3n) is 7.43. The molecule has 0 N–H and O–H groups in total. The van der Waals surface area contributed by atoms with E-state index < -0.39 is 18.4 Å². The molecule has 34 heavy (non-hydrogen) atoms. The molecule has 0 amide bonds. The second-order valence-corrected chi connectivity index (χ2v) is 24.0. The predicted octanol–water partition coefficient (Wildman–Crippen LogP) is 10.3. The molecule has 0 saturated carbocycles. The summed E-state index contributed by atoms with van der Waals surface area (Å²) in [4.78, 5) is 1.39. The Kier molecular flexibility index (Phi) is 9.30. The summed E-state index contributed by atoms with van der Waals surface area (Å²) < 4.78 is 7.69. The van der Waals surface area contributed by atoms with Crippen LogP contribution in [-0.2, 0) is 0 Å². The summed E-state index contributed by atoms with van der Waals surface area (Å²) in [5, 5.41) is 1.35. The van der Waals surface area contributed by atoms with E-state index in [0.717, 1.165) is 0 Å². The number of unbranched alkanes of at least 4 members (excludes halogenated alkanes) is 3. The van der Waals surface area contributed by atoms with Crippen molar-refractivity contribution < 1.29 is 0 Å². The Labute approximate surface area is 215 Å². The fraction of sp³-hybridized carbons (Fsp3) is 0.375. The van der Waals surface area contributed by atoms with Crippen LogP contribution in [0.3, 0.4) is 0 Å². The van der Waals surface area contributed by atoms with Gasteiger partial charge in [0.05, 0.1) is 0 Å². The van der Waals surface area contributed by atoms with Crippen LogP contribution < -0.4 is 3.58 Å². The topological polar surface area (TPSA) is 0 Å². The normalized spacial score (nSPS) is 11.9. The first kappa shape index (κ1) is 25.5. The van der Waals surface area contributed by atoms with Crippen molar-refractivity contribution >= 4 is 43.4 Å². The van der Waals surface area contributed by atoms with Crippen LogP contribution >= 0.6 is 11.3 Å². The van der Waals surface area contributed by atoms with Crippen molar-refractivity contribution in [1.82, 2.24) is 0 Å². The van der Waals surface area contributed by atoms with Crippen LogP contribution in [0, 0.1) is 0 Å². The van der Waals surface area contributed by atoms with Crippen LogP contribution in [0.5, 0.6) is 0 Å². The minimum atomic E-state index is -2.58. The third-order valence-corrected chi connectivity index (χ3v) is 24.3. The molecule has 0 radical (unpaired) electrons. The SMILES string of the molecule is CCC[CH2][Sn]([CH2]CCC)([CH2]CCC)[c]1ccccc1-c1ccccc1-c1cc2ccccc2s1. The van der Waals surface area contributed by atoms with Gasteiger partial charge in [0.1, 0.15) is 0 Å². The Morgan fingerprint density at radius 1 is 0.588 bits per heavy atom. The van der Waals surface area contributed by atoms with Crippen LogP contribution in [-0.4, -0.2) is 18.4 Å². The molecule has 0 atom stereocenters. The van der Waals surface area contributed by atoms with E-state index in [9.17, 15) is 0 Å². The Bertz CT molecular complexity index is 1130. The molecule has 3 aromatic carbocycles. The number of hydrogen-bond donors (Lipinski definition) is 0. The number of fused-ring (bicyclic) bond motifs is 1. The van der Waals surface area contributed by atoms with Crippen LogP contribution in [0.2, 0.25) is 13.3 Å². The molecule has 0 aliphatic carbocycles. The first-order valence-electron chi connectivity index (χ1n) is 13.4. The molecule has 0 fully saturated rings. The van der Waals surface area contributed by atoms with Crippen LogP contribution in [0.25, 0.3) is 31.7 Å². The molecule has 4 aromatic rings. The van der Waals surface area contributed by atoms with Crippen molar-refractivity contribution in [1.29, 1.82) is 0 Å². The van der Waals surface area contributed by atoms with Crippen LogP contribution in [0.15, 0.2) is 78.9 Å². The molecule has 4 rings (SSSR count). The fourth-order valence-corrected chi connectivity index (χ4v) is 23.5. The van der Waals surface area contributed by atoms with E-state index in [0.29, 0.717) is 0 Å². The molecular weight excluding hydrogens is 535 g/mol. The van der Waals surface area contributed by atoms with Gasteiger partial charge in [-0.3, -0.25) is 0 Å². The molecule has 0 aliphatic heterocycles. The predicted molar refractivity (Wildman–Crippen MR) is 157 cm³/mol. The van der Waals surface area contributed by atoms with E-state index in [4.69, 9.17) is 0 Å². The van der Waals surface area contributed by atoms with E-state index in [1.165, 1.54) is 83.5 Å². The van der Waals surface area contributed by atoms with Gasteiger partial charge in [-0.25, -0.2) is 0 Å². The molecule has 1 heterocycles. The maximum atomic E-state index is 2.55. The summed E-state index contributed by atoms with van der Waals surface area (Å²) >= 11 is -0.647. The molecular formula is C32H40SSn. The molecule has 0 unspecified atom stereocenters. The number of rotatable bonds is 12. The van der Waals surface area contributed by atoms with Crippen LogP contribution in [0.1, 0.15) is 59.3 Å². The molecule has 0 spiro atoms. The number of thiophene rings is 1. The molecule has 178 valence electrons. The summed E-state index contributed by atoms with van der Waals surface area (Å²) in [5.41, 5.74) is 4.38. The fourth-order valence-electron chi connectivity index (χ4n) is 5.55. The Hall–Kier alpha value is -1.58. The van der Waals surface area contributed by atoms with Crippen molar-refractivity contribution in [2.75, 3.05) is 0 Å². The van der Waals surface area contributed by atoms with E-state index in [1.54, 1.807) is 3.58 Å². The second-order valence-electron chi connectivity index (χ2n) is 9.83. The average molecular weight is 575 g/mol. The van der Waals surface area contributed by atoms with Gasteiger partial charge in [-0.2, -0.15) is 0 Å². The summed E-state index contributed by atoms with van der Waals surface area (Å²) in [6.45, 7) is 7.12. The minimum absolute atomic E-state index is 1.32. The van der Waals surface area contributed by atoms with Gasteiger partial charge in [0, 0.05) is 0 Å². The van der Waals surface area contributed by atoms with Crippen molar-refractivity contribution in [3.63, 3.8) is 0 Å². The molecule has 0 aliphatic rings. The molecule has 0 nitrogen and oxygen atoms in total. The first-order chi connectivity index (χ1) is 16.7. The quantitative estimate of drug-likeness (QED) is 0.148. The van der Waals surface area contributed by atoms with Gasteiger partial charge in [-0.05, 0) is 0 Å². The maximum absolute atomic E-state index is 2.58. The zero-order valence-electron chi connectivity index (χ0n) is 21.3. The molecule has 0 saturated heterocycles. The van der Waals surface area contributed by atoms with Crippen LogP contribution in [0.4, 0.5) is 0 Å². The first-order valence-corrected chi connectivity index (χ1v) is 21.7. The van der Waals surface area contributed by atoms with E-state index in [1.807, 2.05) is 11.3 Å². The van der Waals surface area contributed by atoms with Gasteiger partial charge >= 0.3 is 216 Å². The number of benzene rings is 3. The van der Waals surface area contributed by atoms with Crippen molar-refractivity contribution in [2.24, 2.45) is 0 Å². The monoisotopic (exact) mass is 576 g/mol. The second kappa shape index (κ2) is 12.4. The van der Waals surface area contributed by atoms with Gasteiger partial charge in [0.2, 0.25) is 0 Å². The molecule has 0 bridgehead atoms. The molecule has 2 heteroatoms. The van der Waals surface area contributed by atoms with Gasteiger partial charge in [-0.1, -0.05) is 0 Å².